The van der Waals surface area contributed by atoms with Crippen molar-refractivity contribution < 1.29 is 0 Å². The third-order valence-electron chi connectivity index (χ3n) is 3.64. The van der Waals surface area contributed by atoms with E-state index in [1.807, 2.05) is 10.9 Å². The molecule has 0 aliphatic heterocycles. The van der Waals surface area contributed by atoms with Crippen LogP contribution in [0.25, 0.3) is 11.5 Å². The van der Waals surface area contributed by atoms with Crippen molar-refractivity contribution in [1.29, 1.82) is 0 Å². The summed E-state index contributed by atoms with van der Waals surface area (Å²) >= 11 is 1.59. The third-order valence-corrected chi connectivity index (χ3v) is 4.22. The highest BCUT2D eigenvalue weighted by Crippen LogP contribution is 2.27. The number of anilines is 1. The lowest BCUT2D eigenvalue weighted by atomic mass is 10.1. The molecule has 0 bridgehead atoms. The van der Waals surface area contributed by atoms with Gasteiger partial charge in [-0.15, -0.1) is 11.3 Å². The van der Waals surface area contributed by atoms with Crippen molar-refractivity contribution in [3.05, 3.63) is 22.1 Å². The number of aromatic nitrogens is 3. The quantitative estimate of drug-likeness (QED) is 0.872. The van der Waals surface area contributed by atoms with E-state index in [-0.39, 0.29) is 0 Å². The van der Waals surface area contributed by atoms with Crippen LogP contribution in [0, 0.1) is 0 Å². The highest BCUT2D eigenvalue weighted by atomic mass is 32.1. The maximum absolute atomic E-state index is 4.78. The fraction of sp³-hybridized carbons (Fsp3) is 0.533. The Morgan fingerprint density at radius 1 is 1.20 bits per heavy atom. The molecule has 2 aromatic rings. The first-order valence-corrected chi connectivity index (χ1v) is 8.35. The third kappa shape index (κ3) is 2.82. The molecule has 5 heteroatoms. The van der Waals surface area contributed by atoms with Crippen molar-refractivity contribution in [2.75, 3.05) is 11.9 Å². The number of rotatable bonds is 4. The lowest BCUT2D eigenvalue weighted by Gasteiger charge is -2.14. The molecule has 0 radical (unpaired) electrons. The molecule has 1 aliphatic carbocycles. The molecule has 0 spiro atoms. The first kappa shape index (κ1) is 13.5. The molecule has 0 saturated heterocycles. The van der Waals surface area contributed by atoms with Gasteiger partial charge in [0.1, 0.15) is 11.5 Å². The summed E-state index contributed by atoms with van der Waals surface area (Å²) in [7, 11) is 0. The fourth-order valence-electron chi connectivity index (χ4n) is 2.60. The van der Waals surface area contributed by atoms with Gasteiger partial charge in [0.2, 0.25) is 0 Å². The zero-order valence-corrected chi connectivity index (χ0v) is 12.7. The van der Waals surface area contributed by atoms with Gasteiger partial charge in [0.15, 0.2) is 5.82 Å². The minimum absolute atomic E-state index is 0.769. The van der Waals surface area contributed by atoms with Crippen LogP contribution in [0.4, 0.5) is 5.82 Å². The molecule has 4 nitrogen and oxygen atoms in total. The van der Waals surface area contributed by atoms with Crippen LogP contribution in [0.5, 0.6) is 0 Å². The number of hydrogen-bond donors (Lipinski definition) is 1. The Balaban J connectivity index is 2.03. The minimum atomic E-state index is 0.769. The van der Waals surface area contributed by atoms with Gasteiger partial charge in [-0.1, -0.05) is 13.3 Å². The second kappa shape index (κ2) is 6.31. The molecule has 1 N–H and O–H groups in total. The van der Waals surface area contributed by atoms with Crippen molar-refractivity contribution in [3.8, 4) is 11.5 Å². The van der Waals surface area contributed by atoms with E-state index in [2.05, 4.69) is 17.2 Å². The average Bonchev–Trinajstić information content (AvgIpc) is 2.90. The van der Waals surface area contributed by atoms with E-state index in [1.165, 1.54) is 30.5 Å². The van der Waals surface area contributed by atoms with Gasteiger partial charge < -0.3 is 5.32 Å². The fourth-order valence-corrected chi connectivity index (χ4v) is 3.13. The monoisotopic (exact) mass is 288 g/mol. The van der Waals surface area contributed by atoms with E-state index in [1.54, 1.807) is 11.3 Å². The first-order chi connectivity index (χ1) is 9.88. The predicted octanol–water partition coefficient (Wildman–Crippen LogP) is 3.69. The van der Waals surface area contributed by atoms with Gasteiger partial charge in [-0.2, -0.15) is 0 Å². The summed E-state index contributed by atoms with van der Waals surface area (Å²) in [6, 6.07) is 0. The Morgan fingerprint density at radius 2 is 2.10 bits per heavy atom. The Bertz CT molecular complexity index is 566. The van der Waals surface area contributed by atoms with Crippen molar-refractivity contribution in [2.45, 2.75) is 45.4 Å². The number of aryl methyl sites for hydroxylation is 1. The topological polar surface area (TPSA) is 50.7 Å². The standard InChI is InChI=1S/C15H20N4S/c1-2-8-16-14-11-6-4-3-5-7-12(11)18-15(19-14)13-9-20-10-17-13/h9-10H,2-8H2,1H3,(H,16,18,19). The van der Waals surface area contributed by atoms with Crippen molar-refractivity contribution in [3.63, 3.8) is 0 Å². The van der Waals surface area contributed by atoms with Crippen LogP contribution in [0.2, 0.25) is 0 Å². The number of fused-ring (bicyclic) bond motifs is 1. The highest BCUT2D eigenvalue weighted by molar-refractivity contribution is 7.07. The number of hydrogen-bond acceptors (Lipinski definition) is 5. The second-order valence-corrected chi connectivity index (χ2v) is 5.90. The van der Waals surface area contributed by atoms with E-state index in [9.17, 15) is 0 Å². The van der Waals surface area contributed by atoms with Gasteiger partial charge in [-0.25, -0.2) is 15.0 Å². The van der Waals surface area contributed by atoms with Crippen molar-refractivity contribution in [1.82, 2.24) is 15.0 Å². The molecule has 0 saturated carbocycles. The molecule has 20 heavy (non-hydrogen) atoms. The second-order valence-electron chi connectivity index (χ2n) is 5.18. The van der Waals surface area contributed by atoms with E-state index in [0.29, 0.717) is 0 Å². The summed E-state index contributed by atoms with van der Waals surface area (Å²) in [5, 5.41) is 5.49. The summed E-state index contributed by atoms with van der Waals surface area (Å²) in [5.41, 5.74) is 5.28. The molecule has 0 amide bonds. The molecular weight excluding hydrogens is 268 g/mol. The maximum atomic E-state index is 4.78. The number of nitrogens with zero attached hydrogens (tertiary/aromatic N) is 3. The van der Waals surface area contributed by atoms with Crippen LogP contribution >= 0.6 is 11.3 Å². The molecule has 2 aromatic heterocycles. The first-order valence-electron chi connectivity index (χ1n) is 7.40. The summed E-state index contributed by atoms with van der Waals surface area (Å²) < 4.78 is 0. The number of nitrogens with one attached hydrogen (secondary N) is 1. The summed E-state index contributed by atoms with van der Waals surface area (Å²) in [5.74, 6) is 1.80. The molecule has 3 rings (SSSR count). The summed E-state index contributed by atoms with van der Waals surface area (Å²) in [6.07, 6.45) is 7.02. The molecule has 0 unspecified atom stereocenters. The van der Waals surface area contributed by atoms with Crippen LogP contribution < -0.4 is 5.32 Å². The van der Waals surface area contributed by atoms with Crippen LogP contribution in [0.15, 0.2) is 10.9 Å². The molecule has 0 fully saturated rings. The molecule has 0 atom stereocenters. The molecule has 0 aromatic carbocycles. The van der Waals surface area contributed by atoms with Crippen LogP contribution in [0.3, 0.4) is 0 Å². The summed E-state index contributed by atoms with van der Waals surface area (Å²) in [6.45, 7) is 3.13. The Morgan fingerprint density at radius 3 is 2.90 bits per heavy atom. The normalized spacial score (nSPS) is 14.7. The van der Waals surface area contributed by atoms with Gasteiger partial charge in [0.25, 0.3) is 0 Å². The smallest absolute Gasteiger partial charge is 0.181 e. The van der Waals surface area contributed by atoms with E-state index in [4.69, 9.17) is 9.97 Å². The van der Waals surface area contributed by atoms with Crippen LogP contribution in [0.1, 0.15) is 43.9 Å². The molecule has 1 aliphatic rings. The SMILES string of the molecule is CCCNc1nc(-c2cscn2)nc2c1CCCCC2. The zero-order chi connectivity index (χ0) is 13.8. The van der Waals surface area contributed by atoms with Gasteiger partial charge >= 0.3 is 0 Å². The number of thiazole rings is 1. The largest absolute Gasteiger partial charge is 0.370 e. The zero-order valence-electron chi connectivity index (χ0n) is 11.9. The predicted molar refractivity (Wildman–Crippen MR) is 83.2 cm³/mol. The van der Waals surface area contributed by atoms with E-state index in [0.717, 1.165) is 43.1 Å². The average molecular weight is 288 g/mol. The van der Waals surface area contributed by atoms with E-state index >= 15 is 0 Å². The van der Waals surface area contributed by atoms with Gasteiger partial charge in [-0.05, 0) is 32.1 Å². The van der Waals surface area contributed by atoms with Crippen molar-refractivity contribution in [2.24, 2.45) is 0 Å². The molecule has 2 heterocycles. The van der Waals surface area contributed by atoms with Crippen LogP contribution in [-0.2, 0) is 12.8 Å². The summed E-state index contributed by atoms with van der Waals surface area (Å²) in [4.78, 5) is 13.9. The maximum Gasteiger partial charge on any atom is 0.181 e. The highest BCUT2D eigenvalue weighted by Gasteiger charge is 2.17. The molecule has 106 valence electrons. The Labute approximate surface area is 123 Å². The van der Waals surface area contributed by atoms with E-state index < -0.39 is 0 Å². The minimum Gasteiger partial charge on any atom is -0.370 e. The van der Waals surface area contributed by atoms with Crippen molar-refractivity contribution >= 4 is 17.2 Å². The lowest BCUT2D eigenvalue weighted by molar-refractivity contribution is 0.709. The Hall–Kier alpha value is -1.49. The molecular formula is C15H20N4S. The van der Waals surface area contributed by atoms with Gasteiger partial charge in [0, 0.05) is 23.2 Å². The van der Waals surface area contributed by atoms with Gasteiger partial charge in [-0.3, -0.25) is 0 Å². The lowest BCUT2D eigenvalue weighted by Crippen LogP contribution is -2.10. The van der Waals surface area contributed by atoms with Crippen LogP contribution in [-0.4, -0.2) is 21.5 Å². The Kier molecular flexibility index (Phi) is 4.25. The van der Waals surface area contributed by atoms with Gasteiger partial charge in [0.05, 0.1) is 5.51 Å².